The van der Waals surface area contributed by atoms with Crippen LogP contribution in [0.25, 0.3) is 0 Å². The Morgan fingerprint density at radius 3 is 2.71 bits per heavy atom. The predicted molar refractivity (Wildman–Crippen MR) is 50.8 cm³/mol. The predicted octanol–water partition coefficient (Wildman–Crippen LogP) is 1.52. The zero-order valence-corrected chi connectivity index (χ0v) is 8.03. The number of ketones is 1. The number of Topliss-reactive ketones (excluding diaryl/α,β-unsaturated/α-hetero) is 1. The summed E-state index contributed by atoms with van der Waals surface area (Å²) in [4.78, 5) is 15.6. The van der Waals surface area contributed by atoms with Gasteiger partial charge >= 0.3 is 0 Å². The quantitative estimate of drug-likeness (QED) is 0.724. The van der Waals surface area contributed by atoms with E-state index in [9.17, 15) is 4.79 Å². The SMILES string of the molecule is NC1(C(=O)c2cnco2)CCCCC1. The summed E-state index contributed by atoms with van der Waals surface area (Å²) in [6.07, 6.45) is 7.43. The molecule has 2 N–H and O–H groups in total. The number of nitrogens with two attached hydrogens (primary N) is 1. The standard InChI is InChI=1S/C10H14N2O2/c11-10(4-2-1-3-5-10)9(13)8-6-12-7-14-8/h6-7H,1-5,11H2. The molecule has 0 amide bonds. The molecule has 0 spiro atoms. The van der Waals surface area contributed by atoms with Crippen LogP contribution in [-0.2, 0) is 0 Å². The highest BCUT2D eigenvalue weighted by molar-refractivity contribution is 6.00. The summed E-state index contributed by atoms with van der Waals surface area (Å²) in [6, 6.07) is 0. The minimum Gasteiger partial charge on any atom is -0.440 e. The first-order valence-electron chi connectivity index (χ1n) is 4.94. The topological polar surface area (TPSA) is 69.1 Å². The molecule has 0 unspecified atom stereocenters. The van der Waals surface area contributed by atoms with E-state index >= 15 is 0 Å². The molecule has 0 atom stereocenters. The van der Waals surface area contributed by atoms with Gasteiger partial charge in [-0.1, -0.05) is 19.3 Å². The Labute approximate surface area is 82.5 Å². The maximum atomic E-state index is 11.9. The van der Waals surface area contributed by atoms with Crippen LogP contribution in [0.4, 0.5) is 0 Å². The van der Waals surface area contributed by atoms with Crippen molar-refractivity contribution in [1.29, 1.82) is 0 Å². The summed E-state index contributed by atoms with van der Waals surface area (Å²) < 4.78 is 4.97. The molecule has 0 aromatic carbocycles. The Bertz CT molecular complexity index is 313. The lowest BCUT2D eigenvalue weighted by atomic mass is 9.79. The van der Waals surface area contributed by atoms with E-state index in [1.54, 1.807) is 0 Å². The molecule has 0 bridgehead atoms. The van der Waals surface area contributed by atoms with Gasteiger partial charge in [-0.25, -0.2) is 4.98 Å². The molecule has 1 aromatic heterocycles. The molecule has 1 saturated carbocycles. The fourth-order valence-electron chi connectivity index (χ4n) is 1.98. The van der Waals surface area contributed by atoms with Gasteiger partial charge in [0.2, 0.25) is 5.78 Å². The third kappa shape index (κ3) is 1.57. The van der Waals surface area contributed by atoms with Gasteiger partial charge in [0.1, 0.15) is 0 Å². The molecule has 0 radical (unpaired) electrons. The van der Waals surface area contributed by atoms with Gasteiger partial charge in [-0.15, -0.1) is 0 Å². The van der Waals surface area contributed by atoms with E-state index < -0.39 is 5.54 Å². The number of carbonyl (C=O) groups excluding carboxylic acids is 1. The second-order valence-corrected chi connectivity index (χ2v) is 3.91. The Morgan fingerprint density at radius 1 is 1.43 bits per heavy atom. The highest BCUT2D eigenvalue weighted by Crippen LogP contribution is 2.28. The molecule has 1 fully saturated rings. The summed E-state index contributed by atoms with van der Waals surface area (Å²) in [5.41, 5.74) is 5.35. The van der Waals surface area contributed by atoms with Crippen LogP contribution in [0.2, 0.25) is 0 Å². The van der Waals surface area contributed by atoms with Gasteiger partial charge in [0.15, 0.2) is 12.2 Å². The van der Waals surface area contributed by atoms with Gasteiger partial charge in [0.25, 0.3) is 0 Å². The number of hydrogen-bond acceptors (Lipinski definition) is 4. The van der Waals surface area contributed by atoms with Crippen molar-refractivity contribution in [2.45, 2.75) is 37.6 Å². The molecule has 76 valence electrons. The van der Waals surface area contributed by atoms with Crippen molar-refractivity contribution in [3.05, 3.63) is 18.4 Å². The fourth-order valence-corrected chi connectivity index (χ4v) is 1.98. The third-order valence-corrected chi connectivity index (χ3v) is 2.85. The van der Waals surface area contributed by atoms with E-state index in [1.165, 1.54) is 19.0 Å². The second kappa shape index (κ2) is 3.53. The van der Waals surface area contributed by atoms with Crippen LogP contribution < -0.4 is 5.73 Å². The average molecular weight is 194 g/mol. The van der Waals surface area contributed by atoms with Crippen LogP contribution in [0.1, 0.15) is 42.7 Å². The first-order valence-corrected chi connectivity index (χ1v) is 4.94. The highest BCUT2D eigenvalue weighted by atomic mass is 16.3. The van der Waals surface area contributed by atoms with Crippen molar-refractivity contribution in [3.8, 4) is 0 Å². The van der Waals surface area contributed by atoms with Crippen molar-refractivity contribution >= 4 is 5.78 Å². The van der Waals surface area contributed by atoms with Crippen LogP contribution >= 0.6 is 0 Å². The van der Waals surface area contributed by atoms with E-state index in [4.69, 9.17) is 10.2 Å². The van der Waals surface area contributed by atoms with Crippen LogP contribution in [-0.4, -0.2) is 16.3 Å². The minimum absolute atomic E-state index is 0.102. The summed E-state index contributed by atoms with van der Waals surface area (Å²) in [7, 11) is 0. The molecule has 1 aromatic rings. The number of carbonyl (C=O) groups is 1. The largest absolute Gasteiger partial charge is 0.440 e. The second-order valence-electron chi connectivity index (χ2n) is 3.91. The number of oxazole rings is 1. The lowest BCUT2D eigenvalue weighted by Gasteiger charge is -2.30. The van der Waals surface area contributed by atoms with Crippen LogP contribution in [0.5, 0.6) is 0 Å². The third-order valence-electron chi connectivity index (χ3n) is 2.85. The van der Waals surface area contributed by atoms with Gasteiger partial charge in [-0.2, -0.15) is 0 Å². The molecular formula is C10H14N2O2. The van der Waals surface area contributed by atoms with Crippen molar-refractivity contribution < 1.29 is 9.21 Å². The lowest BCUT2D eigenvalue weighted by Crippen LogP contribution is -2.49. The van der Waals surface area contributed by atoms with E-state index in [0.29, 0.717) is 0 Å². The molecule has 1 heterocycles. The van der Waals surface area contributed by atoms with Crippen LogP contribution in [0, 0.1) is 0 Å². The van der Waals surface area contributed by atoms with Gasteiger partial charge in [0, 0.05) is 0 Å². The van der Waals surface area contributed by atoms with Gasteiger partial charge in [-0.3, -0.25) is 4.79 Å². The molecule has 2 rings (SSSR count). The number of hydrogen-bond donors (Lipinski definition) is 1. The van der Waals surface area contributed by atoms with Gasteiger partial charge in [0.05, 0.1) is 11.7 Å². The Morgan fingerprint density at radius 2 is 2.14 bits per heavy atom. The molecule has 0 aliphatic heterocycles. The van der Waals surface area contributed by atoms with Crippen molar-refractivity contribution in [1.82, 2.24) is 4.98 Å². The zero-order valence-electron chi connectivity index (χ0n) is 8.03. The average Bonchev–Trinajstić information content (AvgIpc) is 2.70. The molecule has 4 heteroatoms. The smallest absolute Gasteiger partial charge is 0.219 e. The molecule has 0 saturated heterocycles. The molecule has 14 heavy (non-hydrogen) atoms. The summed E-state index contributed by atoms with van der Waals surface area (Å²) >= 11 is 0. The summed E-state index contributed by atoms with van der Waals surface area (Å²) in [5, 5.41) is 0. The lowest BCUT2D eigenvalue weighted by molar-refractivity contribution is 0.0818. The number of rotatable bonds is 2. The fraction of sp³-hybridized carbons (Fsp3) is 0.600. The van der Waals surface area contributed by atoms with Crippen molar-refractivity contribution in [2.75, 3.05) is 0 Å². The van der Waals surface area contributed by atoms with Crippen molar-refractivity contribution in [3.63, 3.8) is 0 Å². The van der Waals surface area contributed by atoms with E-state index in [0.717, 1.165) is 25.7 Å². The van der Waals surface area contributed by atoms with Gasteiger partial charge < -0.3 is 10.2 Å². The maximum absolute atomic E-state index is 11.9. The first-order chi connectivity index (χ1) is 6.72. The first kappa shape index (κ1) is 9.40. The highest BCUT2D eigenvalue weighted by Gasteiger charge is 2.37. The monoisotopic (exact) mass is 194 g/mol. The van der Waals surface area contributed by atoms with E-state index in [1.807, 2.05) is 0 Å². The zero-order chi connectivity index (χ0) is 10.0. The molecule has 4 nitrogen and oxygen atoms in total. The van der Waals surface area contributed by atoms with E-state index in [2.05, 4.69) is 4.98 Å². The Kier molecular flexibility index (Phi) is 2.37. The van der Waals surface area contributed by atoms with Crippen LogP contribution in [0.15, 0.2) is 17.0 Å². The van der Waals surface area contributed by atoms with E-state index in [-0.39, 0.29) is 11.5 Å². The Hall–Kier alpha value is -1.16. The number of nitrogens with zero attached hydrogens (tertiary/aromatic N) is 1. The molecule has 1 aliphatic rings. The molecular weight excluding hydrogens is 180 g/mol. The maximum Gasteiger partial charge on any atom is 0.219 e. The van der Waals surface area contributed by atoms with Gasteiger partial charge in [-0.05, 0) is 12.8 Å². The summed E-state index contributed by atoms with van der Waals surface area (Å²) in [5.74, 6) is 0.184. The summed E-state index contributed by atoms with van der Waals surface area (Å²) in [6.45, 7) is 0. The molecule has 1 aliphatic carbocycles. The van der Waals surface area contributed by atoms with Crippen LogP contribution in [0.3, 0.4) is 0 Å². The Balaban J connectivity index is 2.17. The normalized spacial score (nSPS) is 20.6. The minimum atomic E-state index is -0.711. The van der Waals surface area contributed by atoms with Crippen molar-refractivity contribution in [2.24, 2.45) is 5.73 Å². The number of aromatic nitrogens is 1.